The number of likely N-dealkylation sites (N-methyl/N-ethyl adjacent to an activating group) is 1. The number of amides is 2. The first-order chi connectivity index (χ1) is 12.1. The van der Waals surface area contributed by atoms with Crippen molar-refractivity contribution in [1.82, 2.24) is 10.2 Å². The van der Waals surface area contributed by atoms with Crippen LogP contribution in [0.4, 0.5) is 0 Å². The molecule has 1 aliphatic rings. The van der Waals surface area contributed by atoms with Gasteiger partial charge in [-0.3, -0.25) is 9.59 Å². The third kappa shape index (κ3) is 5.70. The lowest BCUT2D eigenvalue weighted by Gasteiger charge is -2.16. The van der Waals surface area contributed by atoms with E-state index in [4.69, 9.17) is 16.3 Å². The number of halogens is 1. The van der Waals surface area contributed by atoms with Gasteiger partial charge in [0.25, 0.3) is 5.91 Å². The second-order valence-electron chi connectivity index (χ2n) is 6.08. The molecule has 1 saturated carbocycles. The second kappa shape index (κ2) is 8.05. The van der Waals surface area contributed by atoms with Crippen LogP contribution >= 0.6 is 11.6 Å². The molecule has 0 bridgehead atoms. The Morgan fingerprint density at radius 3 is 2.54 bits per heavy atom. The quantitative estimate of drug-likeness (QED) is 0.670. The normalized spacial score (nSPS) is 13.8. The maximum atomic E-state index is 12.1. The van der Waals surface area contributed by atoms with Gasteiger partial charge in [-0.05, 0) is 31.0 Å². The average molecular weight is 403 g/mol. The molecule has 0 spiro atoms. The van der Waals surface area contributed by atoms with Gasteiger partial charge in [0.15, 0.2) is 16.4 Å². The van der Waals surface area contributed by atoms with Crippen molar-refractivity contribution in [2.75, 3.05) is 26.5 Å². The van der Waals surface area contributed by atoms with Gasteiger partial charge < -0.3 is 15.0 Å². The highest BCUT2D eigenvalue weighted by Crippen LogP contribution is 2.21. The molecular weight excluding hydrogens is 384 g/mol. The summed E-state index contributed by atoms with van der Waals surface area (Å²) in [5, 5.41) is 2.75. The summed E-state index contributed by atoms with van der Waals surface area (Å²) in [4.78, 5) is 36.8. The molecule has 0 saturated heterocycles. The van der Waals surface area contributed by atoms with E-state index in [1.54, 1.807) is 0 Å². The minimum atomic E-state index is -3.52. The Morgan fingerprint density at radius 2 is 1.96 bits per heavy atom. The van der Waals surface area contributed by atoms with Crippen LogP contribution in [0, 0.1) is 0 Å². The van der Waals surface area contributed by atoms with Crippen LogP contribution < -0.4 is 5.32 Å². The molecule has 2 rings (SSSR count). The first-order valence-electron chi connectivity index (χ1n) is 7.78. The molecule has 0 aliphatic heterocycles. The maximum absolute atomic E-state index is 12.1. The lowest BCUT2D eigenvalue weighted by molar-refractivity contribution is -0.137. The number of esters is 1. The number of sulfone groups is 1. The summed E-state index contributed by atoms with van der Waals surface area (Å²) in [6.45, 7) is -0.733. The molecule has 2 amide bonds. The molecule has 26 heavy (non-hydrogen) atoms. The van der Waals surface area contributed by atoms with Gasteiger partial charge in [-0.15, -0.1) is 0 Å². The molecule has 0 aromatic heterocycles. The molecule has 1 aromatic carbocycles. The molecule has 142 valence electrons. The van der Waals surface area contributed by atoms with Crippen molar-refractivity contribution in [2.24, 2.45) is 0 Å². The van der Waals surface area contributed by atoms with Crippen LogP contribution in [0.5, 0.6) is 0 Å². The summed E-state index contributed by atoms with van der Waals surface area (Å²) < 4.78 is 28.0. The smallest absolute Gasteiger partial charge is 0.340 e. The van der Waals surface area contributed by atoms with E-state index in [0.717, 1.165) is 30.1 Å². The number of carbonyl (C=O) groups is 3. The van der Waals surface area contributed by atoms with Crippen LogP contribution in [-0.2, 0) is 24.2 Å². The van der Waals surface area contributed by atoms with E-state index in [-0.39, 0.29) is 34.0 Å². The van der Waals surface area contributed by atoms with Gasteiger partial charge in [0.1, 0.15) is 0 Å². The SMILES string of the molecule is CN(CC(=O)NC1CC1)C(=O)COC(=O)c1cc(S(C)(=O)=O)ccc1Cl. The average Bonchev–Trinajstić information content (AvgIpc) is 3.35. The molecule has 0 unspecified atom stereocenters. The summed E-state index contributed by atoms with van der Waals surface area (Å²) in [6.07, 6.45) is 2.87. The van der Waals surface area contributed by atoms with Crippen molar-refractivity contribution < 1.29 is 27.5 Å². The number of nitrogens with one attached hydrogen (secondary N) is 1. The molecule has 0 heterocycles. The van der Waals surface area contributed by atoms with Crippen LogP contribution in [0.15, 0.2) is 23.1 Å². The summed E-state index contributed by atoms with van der Waals surface area (Å²) in [6, 6.07) is 3.82. The van der Waals surface area contributed by atoms with Gasteiger partial charge in [0, 0.05) is 19.3 Å². The third-order valence-electron chi connectivity index (χ3n) is 3.66. The molecular formula is C16H19ClN2O6S. The van der Waals surface area contributed by atoms with Crippen molar-refractivity contribution in [3.8, 4) is 0 Å². The summed E-state index contributed by atoms with van der Waals surface area (Å²) in [5.74, 6) is -1.78. The highest BCUT2D eigenvalue weighted by atomic mass is 35.5. The molecule has 0 atom stereocenters. The fraction of sp³-hybridized carbons (Fsp3) is 0.438. The summed E-state index contributed by atoms with van der Waals surface area (Å²) in [5.41, 5.74) is -0.156. The van der Waals surface area contributed by atoms with Gasteiger partial charge >= 0.3 is 5.97 Å². The maximum Gasteiger partial charge on any atom is 0.340 e. The zero-order chi connectivity index (χ0) is 19.5. The zero-order valence-electron chi connectivity index (χ0n) is 14.3. The number of ether oxygens (including phenoxy) is 1. The first kappa shape index (κ1) is 20.2. The van der Waals surface area contributed by atoms with E-state index >= 15 is 0 Å². The molecule has 10 heteroatoms. The number of hydrogen-bond donors (Lipinski definition) is 1. The Hall–Kier alpha value is -2.13. The van der Waals surface area contributed by atoms with Crippen molar-refractivity contribution in [3.63, 3.8) is 0 Å². The predicted molar refractivity (Wildman–Crippen MR) is 93.6 cm³/mol. The van der Waals surface area contributed by atoms with Gasteiger partial charge in [-0.1, -0.05) is 11.6 Å². The summed E-state index contributed by atoms with van der Waals surface area (Å²) in [7, 11) is -2.11. The molecule has 1 N–H and O–H groups in total. The Bertz CT molecular complexity index is 835. The second-order valence-corrected chi connectivity index (χ2v) is 8.50. The van der Waals surface area contributed by atoms with Crippen molar-refractivity contribution in [3.05, 3.63) is 28.8 Å². The fourth-order valence-corrected chi connectivity index (χ4v) is 2.85. The monoisotopic (exact) mass is 402 g/mol. The topological polar surface area (TPSA) is 110 Å². The van der Waals surface area contributed by atoms with Crippen molar-refractivity contribution in [2.45, 2.75) is 23.8 Å². The van der Waals surface area contributed by atoms with Gasteiger partial charge in [-0.2, -0.15) is 0 Å². The molecule has 1 aliphatic carbocycles. The van der Waals surface area contributed by atoms with Crippen LogP contribution in [0.25, 0.3) is 0 Å². The highest BCUT2D eigenvalue weighted by Gasteiger charge is 2.25. The van der Waals surface area contributed by atoms with Crippen LogP contribution in [0.3, 0.4) is 0 Å². The Morgan fingerprint density at radius 1 is 1.31 bits per heavy atom. The molecule has 1 fully saturated rings. The predicted octanol–water partition coefficient (Wildman–Crippen LogP) is 0.637. The van der Waals surface area contributed by atoms with Gasteiger partial charge in [-0.25, -0.2) is 13.2 Å². The van der Waals surface area contributed by atoms with E-state index in [9.17, 15) is 22.8 Å². The minimum absolute atomic E-state index is 0.00650. The molecule has 8 nitrogen and oxygen atoms in total. The minimum Gasteiger partial charge on any atom is -0.452 e. The number of carbonyl (C=O) groups excluding carboxylic acids is 3. The van der Waals surface area contributed by atoms with E-state index in [2.05, 4.69) is 5.32 Å². The first-order valence-corrected chi connectivity index (χ1v) is 10.0. The van der Waals surface area contributed by atoms with Crippen LogP contribution in [-0.4, -0.2) is 63.6 Å². The Balaban J connectivity index is 1.93. The standard InChI is InChI=1S/C16H19ClN2O6S/c1-19(8-14(20)18-10-3-4-10)15(21)9-25-16(22)12-7-11(26(2,23)24)5-6-13(12)17/h5-7,10H,3-4,8-9H2,1-2H3,(H,18,20). The largest absolute Gasteiger partial charge is 0.452 e. The van der Waals surface area contributed by atoms with E-state index in [1.807, 2.05) is 0 Å². The lowest BCUT2D eigenvalue weighted by atomic mass is 10.2. The zero-order valence-corrected chi connectivity index (χ0v) is 15.9. The lowest BCUT2D eigenvalue weighted by Crippen LogP contribution is -2.40. The summed E-state index contributed by atoms with van der Waals surface area (Å²) >= 11 is 5.90. The Kier molecular flexibility index (Phi) is 6.25. The van der Waals surface area contributed by atoms with Gasteiger partial charge in [0.2, 0.25) is 5.91 Å². The third-order valence-corrected chi connectivity index (χ3v) is 5.10. The molecule has 0 radical (unpaired) electrons. The number of rotatable bonds is 7. The van der Waals surface area contributed by atoms with E-state index < -0.39 is 28.3 Å². The van der Waals surface area contributed by atoms with Crippen molar-refractivity contribution in [1.29, 1.82) is 0 Å². The number of nitrogens with zero attached hydrogens (tertiary/aromatic N) is 1. The number of hydrogen-bond acceptors (Lipinski definition) is 6. The molecule has 1 aromatic rings. The van der Waals surface area contributed by atoms with E-state index in [0.29, 0.717) is 0 Å². The fourth-order valence-electron chi connectivity index (χ4n) is 2.01. The Labute approximate surface area is 156 Å². The number of benzene rings is 1. The van der Waals surface area contributed by atoms with E-state index in [1.165, 1.54) is 19.2 Å². The van der Waals surface area contributed by atoms with Crippen LogP contribution in [0.1, 0.15) is 23.2 Å². The van der Waals surface area contributed by atoms with Crippen LogP contribution in [0.2, 0.25) is 5.02 Å². The van der Waals surface area contributed by atoms with Gasteiger partial charge in [0.05, 0.1) is 22.0 Å². The van der Waals surface area contributed by atoms with Crippen molar-refractivity contribution >= 4 is 39.2 Å². The highest BCUT2D eigenvalue weighted by molar-refractivity contribution is 7.90.